The van der Waals surface area contributed by atoms with E-state index in [1.165, 1.54) is 0 Å². The molecule has 4 nitrogen and oxygen atoms in total. The van der Waals surface area contributed by atoms with Crippen molar-refractivity contribution in [1.29, 1.82) is 0 Å². The summed E-state index contributed by atoms with van der Waals surface area (Å²) in [5.74, 6) is 0.0463. The van der Waals surface area contributed by atoms with Gasteiger partial charge in [-0.15, -0.1) is 0 Å². The first kappa shape index (κ1) is 11.8. The molecule has 0 bridgehead atoms. The molecule has 0 spiro atoms. The van der Waals surface area contributed by atoms with Crippen LogP contribution in [0.3, 0.4) is 0 Å². The Bertz CT molecular complexity index is 358. The van der Waals surface area contributed by atoms with E-state index in [0.29, 0.717) is 0 Å². The van der Waals surface area contributed by atoms with Gasteiger partial charge in [-0.2, -0.15) is 5.10 Å². The normalized spacial score (nSPS) is 11.6. The highest BCUT2D eigenvalue weighted by Gasteiger charge is 2.32. The van der Waals surface area contributed by atoms with Crippen LogP contribution in [0.25, 0.3) is 0 Å². The molecule has 1 rings (SSSR count). The minimum atomic E-state index is -0.622. The van der Waals surface area contributed by atoms with Gasteiger partial charge in [0.15, 0.2) is 0 Å². The largest absolute Gasteiger partial charge is 0.347 e. The van der Waals surface area contributed by atoms with Gasteiger partial charge in [0.25, 0.3) is 0 Å². The zero-order valence-corrected chi connectivity index (χ0v) is 10.3. The Kier molecular flexibility index (Phi) is 2.88. The minimum Gasteiger partial charge on any atom is -0.347 e. The Balaban J connectivity index is 3.10. The van der Waals surface area contributed by atoms with Gasteiger partial charge < -0.3 is 4.90 Å². The third kappa shape index (κ3) is 2.03. The molecule has 0 fully saturated rings. The fourth-order valence-electron chi connectivity index (χ4n) is 1.48. The maximum Gasteiger partial charge on any atom is 0.249 e. The van der Waals surface area contributed by atoms with E-state index in [9.17, 15) is 4.79 Å². The second-order valence-corrected chi connectivity index (χ2v) is 4.60. The molecule has 1 heterocycles. The fourth-order valence-corrected chi connectivity index (χ4v) is 1.48. The first-order valence-electron chi connectivity index (χ1n) is 5.02. The quantitative estimate of drug-likeness (QED) is 0.737. The summed E-state index contributed by atoms with van der Waals surface area (Å²) < 4.78 is 1.74. The SMILES string of the molecule is Cc1cn(C(C)(C)C(=O)N(C)C)nc1C. The lowest BCUT2D eigenvalue weighted by Gasteiger charge is -2.27. The predicted octanol–water partition coefficient (Wildman–Crippen LogP) is 1.32. The lowest BCUT2D eigenvalue weighted by molar-refractivity contribution is -0.137. The summed E-state index contributed by atoms with van der Waals surface area (Å²) in [4.78, 5) is 13.5. The maximum atomic E-state index is 12.0. The van der Waals surface area contributed by atoms with Crippen LogP contribution in [0.5, 0.6) is 0 Å². The molecule has 0 unspecified atom stereocenters. The van der Waals surface area contributed by atoms with Crippen molar-refractivity contribution in [2.45, 2.75) is 33.2 Å². The molecular formula is C11H19N3O. The third-order valence-electron chi connectivity index (χ3n) is 2.65. The van der Waals surface area contributed by atoms with Crippen LogP contribution in [0.1, 0.15) is 25.1 Å². The molecule has 0 radical (unpaired) electrons. The maximum absolute atomic E-state index is 12.0. The zero-order valence-electron chi connectivity index (χ0n) is 10.3. The molecule has 0 aromatic carbocycles. The molecule has 0 aliphatic rings. The lowest BCUT2D eigenvalue weighted by atomic mass is 10.0. The van der Waals surface area contributed by atoms with E-state index in [0.717, 1.165) is 11.3 Å². The van der Waals surface area contributed by atoms with Crippen LogP contribution in [-0.4, -0.2) is 34.7 Å². The highest BCUT2D eigenvalue weighted by atomic mass is 16.2. The highest BCUT2D eigenvalue weighted by molar-refractivity contribution is 5.83. The molecule has 1 aromatic heterocycles. The topological polar surface area (TPSA) is 38.1 Å². The molecule has 84 valence electrons. The van der Waals surface area contributed by atoms with Gasteiger partial charge in [0.05, 0.1) is 5.69 Å². The van der Waals surface area contributed by atoms with Gasteiger partial charge in [0.2, 0.25) is 5.91 Å². The molecule has 0 aliphatic carbocycles. The number of hydrogen-bond donors (Lipinski definition) is 0. The molecular weight excluding hydrogens is 190 g/mol. The van der Waals surface area contributed by atoms with Crippen LogP contribution in [0.15, 0.2) is 6.20 Å². The summed E-state index contributed by atoms with van der Waals surface area (Å²) in [5, 5.41) is 4.35. The van der Waals surface area contributed by atoms with E-state index < -0.39 is 5.54 Å². The Hall–Kier alpha value is -1.32. The molecule has 0 saturated carbocycles. The molecule has 1 amide bonds. The fraction of sp³-hybridized carbons (Fsp3) is 0.636. The van der Waals surface area contributed by atoms with Crippen molar-refractivity contribution >= 4 is 5.91 Å². The van der Waals surface area contributed by atoms with Gasteiger partial charge in [0, 0.05) is 20.3 Å². The Morgan fingerprint density at radius 2 is 1.93 bits per heavy atom. The number of nitrogens with zero attached hydrogens (tertiary/aromatic N) is 3. The summed E-state index contributed by atoms with van der Waals surface area (Å²) in [7, 11) is 3.51. The average molecular weight is 209 g/mol. The molecule has 0 N–H and O–H groups in total. The smallest absolute Gasteiger partial charge is 0.249 e. The standard InChI is InChI=1S/C11H19N3O/c1-8-7-14(12-9(8)2)11(3,4)10(15)13(5)6/h7H,1-6H3. The van der Waals surface area contributed by atoms with Crippen LogP contribution in [0, 0.1) is 13.8 Å². The van der Waals surface area contributed by atoms with Crippen molar-refractivity contribution in [1.82, 2.24) is 14.7 Å². The highest BCUT2D eigenvalue weighted by Crippen LogP contribution is 2.18. The molecule has 4 heteroatoms. The van der Waals surface area contributed by atoms with Gasteiger partial charge in [0.1, 0.15) is 5.54 Å². The van der Waals surface area contributed by atoms with Crippen molar-refractivity contribution < 1.29 is 4.79 Å². The van der Waals surface area contributed by atoms with E-state index in [2.05, 4.69) is 5.10 Å². The number of hydrogen-bond acceptors (Lipinski definition) is 2. The van der Waals surface area contributed by atoms with Crippen molar-refractivity contribution in [2.75, 3.05) is 14.1 Å². The van der Waals surface area contributed by atoms with Crippen molar-refractivity contribution in [2.24, 2.45) is 0 Å². The van der Waals surface area contributed by atoms with Crippen LogP contribution in [-0.2, 0) is 10.3 Å². The lowest BCUT2D eigenvalue weighted by Crippen LogP contribution is -2.44. The summed E-state index contributed by atoms with van der Waals surface area (Å²) >= 11 is 0. The Labute approximate surface area is 90.9 Å². The number of aryl methyl sites for hydroxylation is 2. The molecule has 0 atom stereocenters. The molecule has 0 saturated heterocycles. The van der Waals surface area contributed by atoms with Gasteiger partial charge >= 0.3 is 0 Å². The van der Waals surface area contributed by atoms with Gasteiger partial charge in [-0.25, -0.2) is 0 Å². The zero-order chi connectivity index (χ0) is 11.8. The predicted molar refractivity (Wildman–Crippen MR) is 59.7 cm³/mol. The summed E-state index contributed by atoms with van der Waals surface area (Å²) in [6.07, 6.45) is 1.91. The number of likely N-dealkylation sites (N-methyl/N-ethyl adjacent to an activating group) is 1. The number of amides is 1. The van der Waals surface area contributed by atoms with Crippen molar-refractivity contribution in [3.8, 4) is 0 Å². The van der Waals surface area contributed by atoms with Crippen molar-refractivity contribution in [3.05, 3.63) is 17.5 Å². The summed E-state index contributed by atoms with van der Waals surface area (Å²) in [6, 6.07) is 0. The minimum absolute atomic E-state index is 0.0463. The monoisotopic (exact) mass is 209 g/mol. The van der Waals surface area contributed by atoms with Gasteiger partial charge in [-0.05, 0) is 33.3 Å². The van der Waals surface area contributed by atoms with E-state index in [1.54, 1.807) is 23.7 Å². The average Bonchev–Trinajstić information content (AvgIpc) is 2.46. The Morgan fingerprint density at radius 3 is 2.27 bits per heavy atom. The molecule has 15 heavy (non-hydrogen) atoms. The van der Waals surface area contributed by atoms with E-state index in [-0.39, 0.29) is 5.91 Å². The molecule has 0 aliphatic heterocycles. The Morgan fingerprint density at radius 1 is 1.40 bits per heavy atom. The van der Waals surface area contributed by atoms with E-state index >= 15 is 0 Å². The molecule has 1 aromatic rings. The van der Waals surface area contributed by atoms with Crippen LogP contribution in [0.2, 0.25) is 0 Å². The van der Waals surface area contributed by atoms with Crippen molar-refractivity contribution in [3.63, 3.8) is 0 Å². The number of carbonyl (C=O) groups excluding carboxylic acids is 1. The summed E-state index contributed by atoms with van der Waals surface area (Å²) in [5.41, 5.74) is 1.45. The van der Waals surface area contributed by atoms with Gasteiger partial charge in [-0.1, -0.05) is 0 Å². The van der Waals surface area contributed by atoms with Crippen LogP contribution >= 0.6 is 0 Å². The number of rotatable bonds is 2. The third-order valence-corrected chi connectivity index (χ3v) is 2.65. The van der Waals surface area contributed by atoms with Gasteiger partial charge in [-0.3, -0.25) is 9.48 Å². The first-order valence-corrected chi connectivity index (χ1v) is 5.02. The van der Waals surface area contributed by atoms with Crippen LogP contribution < -0.4 is 0 Å². The van der Waals surface area contributed by atoms with Crippen LogP contribution in [0.4, 0.5) is 0 Å². The summed E-state index contributed by atoms with van der Waals surface area (Å²) in [6.45, 7) is 7.69. The second-order valence-electron chi connectivity index (χ2n) is 4.60. The first-order chi connectivity index (χ1) is 6.76. The number of carbonyl (C=O) groups is 1. The second kappa shape index (κ2) is 3.68. The number of aromatic nitrogens is 2. The van der Waals surface area contributed by atoms with E-state index in [4.69, 9.17) is 0 Å². The van der Waals surface area contributed by atoms with E-state index in [1.807, 2.05) is 33.9 Å².